The minimum absolute atomic E-state index is 0.0554. The van der Waals surface area contributed by atoms with Crippen LogP contribution < -0.4 is 0 Å². The molecule has 2 fully saturated rings. The maximum Gasteiger partial charge on any atom is 0.226 e. The van der Waals surface area contributed by atoms with Crippen molar-refractivity contribution in [2.24, 2.45) is 0 Å². The molecule has 16 heavy (non-hydrogen) atoms. The monoisotopic (exact) mass is 245 g/mol. The molecular formula is C10H15NO4S. The summed E-state index contributed by atoms with van der Waals surface area (Å²) in [6.07, 6.45) is 1.93. The number of β-lactam (4-membered cyclic amide) rings is 1. The van der Waals surface area contributed by atoms with Crippen LogP contribution in [0.3, 0.4) is 0 Å². The van der Waals surface area contributed by atoms with Crippen molar-refractivity contribution < 1.29 is 18.0 Å². The summed E-state index contributed by atoms with van der Waals surface area (Å²) in [6.45, 7) is 2.03. The number of unbranched alkanes of at least 4 members (excludes halogenated alkanes) is 1. The summed E-state index contributed by atoms with van der Waals surface area (Å²) in [7, 11) is -3.44. The van der Waals surface area contributed by atoms with Gasteiger partial charge in [-0.1, -0.05) is 13.3 Å². The summed E-state index contributed by atoms with van der Waals surface area (Å²) in [5, 5.41) is -1.67. The standard InChI is InChI=1S/C10H15NO4S/c1-2-3-4-7(12)8-6-11-9(13)5-10(11)16(8,14)15/h8,10H,2-6H2,1H3/t8?,10-/m1/s1. The number of fused-ring (bicyclic) bond motifs is 1. The fraction of sp³-hybridized carbons (Fsp3) is 0.800. The van der Waals surface area contributed by atoms with Crippen LogP contribution in [0.1, 0.15) is 32.6 Å². The number of sulfone groups is 1. The molecule has 0 spiro atoms. The van der Waals surface area contributed by atoms with Crippen molar-refractivity contribution >= 4 is 21.5 Å². The quantitative estimate of drug-likeness (QED) is 0.659. The third-order valence-electron chi connectivity index (χ3n) is 3.29. The van der Waals surface area contributed by atoms with Crippen LogP contribution in [0.2, 0.25) is 0 Å². The first-order valence-electron chi connectivity index (χ1n) is 5.53. The van der Waals surface area contributed by atoms with Gasteiger partial charge in [0, 0.05) is 13.0 Å². The van der Waals surface area contributed by atoms with Crippen LogP contribution >= 0.6 is 0 Å². The molecule has 0 aromatic carbocycles. The molecule has 0 aliphatic carbocycles. The van der Waals surface area contributed by atoms with Crippen LogP contribution in [-0.2, 0) is 19.4 Å². The van der Waals surface area contributed by atoms with Crippen LogP contribution in [0.15, 0.2) is 0 Å². The Balaban J connectivity index is 2.12. The summed E-state index contributed by atoms with van der Waals surface area (Å²) < 4.78 is 23.8. The van der Waals surface area contributed by atoms with E-state index in [9.17, 15) is 18.0 Å². The van der Waals surface area contributed by atoms with E-state index in [1.54, 1.807) is 0 Å². The lowest BCUT2D eigenvalue weighted by atomic mass is 10.1. The summed E-state index contributed by atoms with van der Waals surface area (Å²) in [5.41, 5.74) is 0. The third kappa shape index (κ3) is 1.55. The first-order valence-corrected chi connectivity index (χ1v) is 7.14. The molecule has 0 bridgehead atoms. The van der Waals surface area contributed by atoms with E-state index in [4.69, 9.17) is 0 Å². The van der Waals surface area contributed by atoms with E-state index in [2.05, 4.69) is 0 Å². The van der Waals surface area contributed by atoms with E-state index >= 15 is 0 Å². The molecular weight excluding hydrogens is 230 g/mol. The predicted octanol–water partition coefficient (Wildman–Crippen LogP) is 0.101. The zero-order valence-electron chi connectivity index (χ0n) is 9.18. The number of carbonyl (C=O) groups is 2. The molecule has 1 amide bonds. The van der Waals surface area contributed by atoms with E-state index in [0.29, 0.717) is 12.8 Å². The van der Waals surface area contributed by atoms with Crippen molar-refractivity contribution in [1.29, 1.82) is 0 Å². The third-order valence-corrected chi connectivity index (χ3v) is 5.68. The Hall–Kier alpha value is -0.910. The average Bonchev–Trinajstić information content (AvgIpc) is 2.43. The number of rotatable bonds is 4. The number of nitrogens with zero attached hydrogens (tertiary/aromatic N) is 1. The van der Waals surface area contributed by atoms with Crippen molar-refractivity contribution in [1.82, 2.24) is 4.90 Å². The van der Waals surface area contributed by atoms with Crippen LogP contribution in [0.5, 0.6) is 0 Å². The fourth-order valence-corrected chi connectivity index (χ4v) is 4.37. The highest BCUT2D eigenvalue weighted by Crippen LogP contribution is 2.35. The number of amides is 1. The molecule has 2 aliphatic heterocycles. The normalized spacial score (nSPS) is 31.1. The number of hydrogen-bond acceptors (Lipinski definition) is 4. The van der Waals surface area contributed by atoms with Crippen molar-refractivity contribution in [2.45, 2.75) is 43.2 Å². The van der Waals surface area contributed by atoms with Crippen LogP contribution in [0.4, 0.5) is 0 Å². The first kappa shape index (κ1) is 11.6. The van der Waals surface area contributed by atoms with Crippen molar-refractivity contribution in [2.75, 3.05) is 6.54 Å². The topological polar surface area (TPSA) is 71.5 Å². The lowest BCUT2D eigenvalue weighted by molar-refractivity contribution is -0.140. The van der Waals surface area contributed by atoms with Gasteiger partial charge < -0.3 is 4.90 Å². The van der Waals surface area contributed by atoms with Gasteiger partial charge in [0.15, 0.2) is 15.6 Å². The lowest BCUT2D eigenvalue weighted by Gasteiger charge is -2.31. The van der Waals surface area contributed by atoms with Crippen LogP contribution in [-0.4, -0.2) is 42.2 Å². The molecule has 6 heteroatoms. The van der Waals surface area contributed by atoms with Gasteiger partial charge in [-0.25, -0.2) is 8.42 Å². The maximum absolute atomic E-state index is 11.9. The molecule has 2 aliphatic rings. The highest BCUT2D eigenvalue weighted by atomic mass is 32.2. The van der Waals surface area contributed by atoms with Gasteiger partial charge in [-0.05, 0) is 6.42 Å². The predicted molar refractivity (Wildman–Crippen MR) is 57.4 cm³/mol. The van der Waals surface area contributed by atoms with Gasteiger partial charge in [-0.3, -0.25) is 9.59 Å². The van der Waals surface area contributed by atoms with Crippen molar-refractivity contribution in [3.63, 3.8) is 0 Å². The Bertz CT molecular complexity index is 428. The highest BCUT2D eigenvalue weighted by molar-refractivity contribution is 7.93. The van der Waals surface area contributed by atoms with Gasteiger partial charge >= 0.3 is 0 Å². The van der Waals surface area contributed by atoms with Gasteiger partial charge in [-0.15, -0.1) is 0 Å². The van der Waals surface area contributed by atoms with E-state index in [0.717, 1.165) is 6.42 Å². The molecule has 2 atom stereocenters. The van der Waals surface area contributed by atoms with E-state index in [1.165, 1.54) is 4.90 Å². The van der Waals surface area contributed by atoms with E-state index < -0.39 is 20.5 Å². The Morgan fingerprint density at radius 1 is 1.50 bits per heavy atom. The van der Waals surface area contributed by atoms with E-state index in [-0.39, 0.29) is 24.7 Å². The molecule has 0 aromatic rings. The Morgan fingerprint density at radius 3 is 2.69 bits per heavy atom. The lowest BCUT2D eigenvalue weighted by Crippen LogP contribution is -2.50. The second kappa shape index (κ2) is 3.84. The zero-order valence-corrected chi connectivity index (χ0v) is 10.00. The second-order valence-corrected chi connectivity index (χ2v) is 6.64. The second-order valence-electron chi connectivity index (χ2n) is 4.35. The van der Waals surface area contributed by atoms with Crippen molar-refractivity contribution in [3.05, 3.63) is 0 Å². The molecule has 0 saturated carbocycles. The van der Waals surface area contributed by atoms with Gasteiger partial charge in [0.05, 0.1) is 6.42 Å². The number of Topliss-reactive ketones (excluding diaryl/α,β-unsaturated/α-hetero) is 1. The van der Waals surface area contributed by atoms with E-state index in [1.807, 2.05) is 6.92 Å². The van der Waals surface area contributed by atoms with Gasteiger partial charge in [0.2, 0.25) is 5.91 Å². The number of ketones is 1. The average molecular weight is 245 g/mol. The molecule has 2 saturated heterocycles. The van der Waals surface area contributed by atoms with Gasteiger partial charge in [-0.2, -0.15) is 0 Å². The summed E-state index contributed by atoms with van der Waals surface area (Å²) in [4.78, 5) is 24.2. The zero-order chi connectivity index (χ0) is 11.9. The fourth-order valence-electron chi connectivity index (χ4n) is 2.21. The van der Waals surface area contributed by atoms with Gasteiger partial charge in [0.1, 0.15) is 10.6 Å². The number of carbonyl (C=O) groups excluding carboxylic acids is 2. The SMILES string of the molecule is CCCCC(=O)C1CN2C(=O)C[C@H]2S1(=O)=O. The smallest absolute Gasteiger partial charge is 0.226 e. The molecule has 2 rings (SSSR count). The van der Waals surface area contributed by atoms with Crippen LogP contribution in [0.25, 0.3) is 0 Å². The highest BCUT2D eigenvalue weighted by Gasteiger charge is 2.57. The molecule has 90 valence electrons. The minimum atomic E-state index is -3.44. The summed E-state index contributed by atoms with van der Waals surface area (Å²) >= 11 is 0. The van der Waals surface area contributed by atoms with Gasteiger partial charge in [0.25, 0.3) is 0 Å². The Kier molecular flexibility index (Phi) is 2.77. The molecule has 2 heterocycles. The molecule has 0 aromatic heterocycles. The Morgan fingerprint density at radius 2 is 2.19 bits per heavy atom. The summed E-state index contributed by atoms with van der Waals surface area (Å²) in [6, 6.07) is 0. The number of hydrogen-bond donors (Lipinski definition) is 0. The largest absolute Gasteiger partial charge is 0.323 e. The first-order chi connectivity index (χ1) is 7.48. The summed E-state index contributed by atoms with van der Waals surface area (Å²) in [5.74, 6) is -0.386. The minimum Gasteiger partial charge on any atom is -0.323 e. The Labute approximate surface area is 94.7 Å². The molecule has 0 radical (unpaired) electrons. The van der Waals surface area contributed by atoms with Crippen molar-refractivity contribution in [3.8, 4) is 0 Å². The maximum atomic E-state index is 11.9. The molecule has 0 N–H and O–H groups in total. The molecule has 5 nitrogen and oxygen atoms in total. The van der Waals surface area contributed by atoms with Crippen LogP contribution in [0, 0.1) is 0 Å². The molecule has 1 unspecified atom stereocenters.